The summed E-state index contributed by atoms with van der Waals surface area (Å²) in [5.41, 5.74) is -0.0574. The summed E-state index contributed by atoms with van der Waals surface area (Å²) in [6.45, 7) is 0.396. The molecule has 1 aromatic rings. The first-order valence-corrected chi connectivity index (χ1v) is 8.60. The van der Waals surface area contributed by atoms with Crippen LogP contribution in [-0.2, 0) is 14.9 Å². The van der Waals surface area contributed by atoms with E-state index >= 15 is 0 Å². The second kappa shape index (κ2) is 8.81. The maximum Gasteiger partial charge on any atom is 0.401 e. The summed E-state index contributed by atoms with van der Waals surface area (Å²) in [5.74, 6) is -0.560. The van der Waals surface area contributed by atoms with Crippen molar-refractivity contribution in [2.45, 2.75) is 30.9 Å². The van der Waals surface area contributed by atoms with E-state index < -0.39 is 18.1 Å². The number of amides is 1. The molecule has 0 aliphatic carbocycles. The van der Waals surface area contributed by atoms with Gasteiger partial charge in [0.15, 0.2) is 0 Å². The second-order valence-electron chi connectivity index (χ2n) is 6.66. The lowest BCUT2D eigenvalue weighted by atomic mass is 9.73. The Labute approximate surface area is 150 Å². The zero-order valence-corrected chi connectivity index (χ0v) is 14.7. The van der Waals surface area contributed by atoms with E-state index in [1.54, 1.807) is 12.1 Å². The van der Waals surface area contributed by atoms with Crippen LogP contribution in [0.1, 0.15) is 24.8 Å². The smallest absolute Gasteiger partial charge is 0.381 e. The van der Waals surface area contributed by atoms with E-state index in [1.165, 1.54) is 24.1 Å². The molecule has 2 rings (SSSR count). The molecule has 1 amide bonds. The van der Waals surface area contributed by atoms with Gasteiger partial charge in [-0.05, 0) is 50.6 Å². The average molecular weight is 376 g/mol. The SMILES string of the molecule is CN(CCCNC(=O)C1(c2ccc(F)cc2)CCOCC1)CC(F)(F)F. The molecule has 1 saturated heterocycles. The maximum absolute atomic E-state index is 13.2. The van der Waals surface area contributed by atoms with Crippen LogP contribution in [0.5, 0.6) is 0 Å². The second-order valence-corrected chi connectivity index (χ2v) is 6.66. The summed E-state index contributed by atoms with van der Waals surface area (Å²) in [4.78, 5) is 14.0. The summed E-state index contributed by atoms with van der Waals surface area (Å²) in [7, 11) is 1.40. The number of ether oxygens (including phenoxy) is 1. The van der Waals surface area contributed by atoms with Gasteiger partial charge in [-0.1, -0.05) is 12.1 Å². The van der Waals surface area contributed by atoms with Crippen LogP contribution in [0.2, 0.25) is 0 Å². The van der Waals surface area contributed by atoms with E-state index in [4.69, 9.17) is 4.74 Å². The molecule has 1 aromatic carbocycles. The van der Waals surface area contributed by atoms with Crippen molar-refractivity contribution in [3.8, 4) is 0 Å². The van der Waals surface area contributed by atoms with Gasteiger partial charge in [-0.2, -0.15) is 13.2 Å². The van der Waals surface area contributed by atoms with E-state index in [1.807, 2.05) is 0 Å². The molecule has 26 heavy (non-hydrogen) atoms. The largest absolute Gasteiger partial charge is 0.401 e. The number of carbonyl (C=O) groups is 1. The number of alkyl halides is 3. The fourth-order valence-corrected chi connectivity index (χ4v) is 3.24. The first kappa shape index (κ1) is 20.6. The number of rotatable bonds is 7. The molecule has 1 fully saturated rings. The minimum Gasteiger partial charge on any atom is -0.381 e. The van der Waals surface area contributed by atoms with Gasteiger partial charge in [0.05, 0.1) is 12.0 Å². The number of carbonyl (C=O) groups excluding carboxylic acids is 1. The highest BCUT2D eigenvalue weighted by Crippen LogP contribution is 2.35. The Balaban J connectivity index is 1.92. The first-order valence-electron chi connectivity index (χ1n) is 8.60. The Kier molecular flexibility index (Phi) is 7.00. The Bertz CT molecular complexity index is 584. The van der Waals surface area contributed by atoms with Crippen molar-refractivity contribution < 1.29 is 27.1 Å². The maximum atomic E-state index is 13.2. The summed E-state index contributed by atoms with van der Waals surface area (Å²) in [5, 5.41) is 2.83. The molecule has 1 aliphatic rings. The highest BCUT2D eigenvalue weighted by atomic mass is 19.4. The molecule has 0 radical (unpaired) electrons. The molecule has 0 aromatic heterocycles. The van der Waals surface area contributed by atoms with E-state index in [2.05, 4.69) is 5.32 Å². The molecule has 0 atom stereocenters. The van der Waals surface area contributed by atoms with Gasteiger partial charge in [0.25, 0.3) is 0 Å². The molecule has 0 bridgehead atoms. The molecule has 4 nitrogen and oxygen atoms in total. The van der Waals surface area contributed by atoms with Crippen molar-refractivity contribution in [2.75, 3.05) is 39.9 Å². The number of benzene rings is 1. The van der Waals surface area contributed by atoms with Gasteiger partial charge in [-0.25, -0.2) is 4.39 Å². The Hall–Kier alpha value is -1.67. The molecule has 0 unspecified atom stereocenters. The highest BCUT2D eigenvalue weighted by Gasteiger charge is 2.41. The van der Waals surface area contributed by atoms with Crippen LogP contribution < -0.4 is 5.32 Å². The van der Waals surface area contributed by atoms with Crippen molar-refractivity contribution in [3.63, 3.8) is 0 Å². The lowest BCUT2D eigenvalue weighted by Gasteiger charge is -2.36. The fraction of sp³-hybridized carbons (Fsp3) is 0.611. The van der Waals surface area contributed by atoms with Gasteiger partial charge in [0.2, 0.25) is 5.91 Å². The summed E-state index contributed by atoms with van der Waals surface area (Å²) in [6, 6.07) is 5.87. The van der Waals surface area contributed by atoms with Crippen LogP contribution in [0.15, 0.2) is 24.3 Å². The van der Waals surface area contributed by atoms with Gasteiger partial charge >= 0.3 is 6.18 Å². The van der Waals surface area contributed by atoms with E-state index in [0.29, 0.717) is 32.5 Å². The summed E-state index contributed by atoms with van der Waals surface area (Å²) < 4.78 is 55.5. The van der Waals surface area contributed by atoms with Gasteiger partial charge in [-0.3, -0.25) is 9.69 Å². The Morgan fingerprint density at radius 2 is 1.85 bits per heavy atom. The molecule has 0 spiro atoms. The molecular formula is C18H24F4N2O2. The van der Waals surface area contributed by atoms with Crippen LogP contribution in [-0.4, -0.2) is 56.9 Å². The van der Waals surface area contributed by atoms with Gasteiger partial charge in [0, 0.05) is 19.8 Å². The monoisotopic (exact) mass is 376 g/mol. The first-order chi connectivity index (χ1) is 12.2. The molecule has 1 aliphatic heterocycles. The minimum atomic E-state index is -4.23. The Morgan fingerprint density at radius 1 is 1.23 bits per heavy atom. The van der Waals surface area contributed by atoms with Crippen LogP contribution in [0.25, 0.3) is 0 Å². The standard InChI is InChI=1S/C18H24F4N2O2/c1-24(13-18(20,21)22)10-2-9-23-16(25)17(7-11-26-12-8-17)14-3-5-15(19)6-4-14/h3-6H,2,7-13H2,1H3,(H,23,25). The molecule has 0 saturated carbocycles. The summed E-state index contributed by atoms with van der Waals surface area (Å²) in [6.07, 6.45) is -2.85. The molecule has 146 valence electrons. The van der Waals surface area contributed by atoms with E-state index in [9.17, 15) is 22.4 Å². The van der Waals surface area contributed by atoms with Crippen LogP contribution in [0.4, 0.5) is 17.6 Å². The lowest BCUT2D eigenvalue weighted by Crippen LogP contribution is -2.48. The van der Waals surface area contributed by atoms with Gasteiger partial charge in [-0.15, -0.1) is 0 Å². The zero-order chi connectivity index (χ0) is 19.2. The van der Waals surface area contributed by atoms with Crippen LogP contribution >= 0.6 is 0 Å². The molecule has 1 heterocycles. The predicted molar refractivity (Wildman–Crippen MR) is 89.3 cm³/mol. The van der Waals surface area contributed by atoms with E-state index in [-0.39, 0.29) is 24.8 Å². The third-order valence-electron chi connectivity index (χ3n) is 4.63. The van der Waals surface area contributed by atoms with Gasteiger partial charge < -0.3 is 10.1 Å². The molecular weight excluding hydrogens is 352 g/mol. The number of hydrogen-bond acceptors (Lipinski definition) is 3. The third-order valence-corrected chi connectivity index (χ3v) is 4.63. The van der Waals surface area contributed by atoms with Crippen molar-refractivity contribution in [3.05, 3.63) is 35.6 Å². The van der Waals surface area contributed by atoms with Crippen molar-refractivity contribution in [2.24, 2.45) is 0 Å². The van der Waals surface area contributed by atoms with E-state index in [0.717, 1.165) is 5.56 Å². The predicted octanol–water partition coefficient (Wildman–Crippen LogP) is 2.87. The number of halogens is 4. The zero-order valence-electron chi connectivity index (χ0n) is 14.7. The lowest BCUT2D eigenvalue weighted by molar-refractivity contribution is -0.143. The number of nitrogens with one attached hydrogen (secondary N) is 1. The quantitative estimate of drug-likeness (QED) is 0.588. The van der Waals surface area contributed by atoms with Crippen molar-refractivity contribution in [1.29, 1.82) is 0 Å². The van der Waals surface area contributed by atoms with Crippen molar-refractivity contribution >= 4 is 5.91 Å². The van der Waals surface area contributed by atoms with Gasteiger partial charge in [0.1, 0.15) is 5.82 Å². The van der Waals surface area contributed by atoms with Crippen molar-refractivity contribution in [1.82, 2.24) is 10.2 Å². The normalized spacial score (nSPS) is 17.3. The molecule has 8 heteroatoms. The topological polar surface area (TPSA) is 41.6 Å². The van der Waals surface area contributed by atoms with Crippen LogP contribution in [0.3, 0.4) is 0 Å². The average Bonchev–Trinajstić information content (AvgIpc) is 2.58. The third kappa shape index (κ3) is 5.67. The Morgan fingerprint density at radius 3 is 2.42 bits per heavy atom. The minimum absolute atomic E-state index is 0.189. The molecule has 1 N–H and O–H groups in total. The number of hydrogen-bond donors (Lipinski definition) is 1. The number of nitrogens with zero attached hydrogens (tertiary/aromatic N) is 1. The van der Waals surface area contributed by atoms with Crippen LogP contribution in [0, 0.1) is 5.82 Å². The fourth-order valence-electron chi connectivity index (χ4n) is 3.24. The highest BCUT2D eigenvalue weighted by molar-refractivity contribution is 5.88. The summed E-state index contributed by atoms with van der Waals surface area (Å²) >= 11 is 0.